The van der Waals surface area contributed by atoms with Crippen molar-refractivity contribution in [2.24, 2.45) is 5.92 Å². The Morgan fingerprint density at radius 3 is 2.80 bits per heavy atom. The number of alkyl halides is 1. The zero-order chi connectivity index (χ0) is 18.1. The fourth-order valence-electron chi connectivity index (χ4n) is 3.50. The number of amides is 1. The van der Waals surface area contributed by atoms with E-state index in [-0.39, 0.29) is 11.9 Å². The number of nitrogens with zero attached hydrogens (tertiary/aromatic N) is 2. The van der Waals surface area contributed by atoms with Crippen LogP contribution in [0.2, 0.25) is 0 Å². The van der Waals surface area contributed by atoms with Gasteiger partial charge in [0.05, 0.1) is 12.7 Å². The lowest BCUT2D eigenvalue weighted by Crippen LogP contribution is -2.47. The summed E-state index contributed by atoms with van der Waals surface area (Å²) in [6.45, 7) is 5.32. The number of rotatable bonds is 8. The third-order valence-electron chi connectivity index (χ3n) is 5.10. The summed E-state index contributed by atoms with van der Waals surface area (Å²) < 4.78 is 18.5. The van der Waals surface area contributed by atoms with Crippen LogP contribution >= 0.6 is 0 Å². The van der Waals surface area contributed by atoms with Gasteiger partial charge in [0, 0.05) is 32.5 Å². The van der Waals surface area contributed by atoms with Crippen LogP contribution in [0, 0.1) is 5.92 Å². The van der Waals surface area contributed by atoms with Crippen molar-refractivity contribution in [1.29, 1.82) is 0 Å². The molecule has 1 N–H and O–H groups in total. The minimum atomic E-state index is -0.546. The molecule has 0 unspecified atom stereocenters. The van der Waals surface area contributed by atoms with Crippen molar-refractivity contribution in [1.82, 2.24) is 15.1 Å². The number of halogens is 1. The molecule has 0 aromatic rings. The van der Waals surface area contributed by atoms with E-state index in [1.165, 1.54) is 0 Å². The molecule has 2 fully saturated rings. The van der Waals surface area contributed by atoms with E-state index in [1.807, 2.05) is 13.0 Å². The van der Waals surface area contributed by atoms with Gasteiger partial charge in [0.25, 0.3) is 0 Å². The van der Waals surface area contributed by atoms with Gasteiger partial charge in [0.1, 0.15) is 6.67 Å². The van der Waals surface area contributed by atoms with Gasteiger partial charge >= 0.3 is 0 Å². The summed E-state index contributed by atoms with van der Waals surface area (Å²) >= 11 is 0. The van der Waals surface area contributed by atoms with E-state index in [0.717, 1.165) is 52.0 Å². The largest absolute Gasteiger partial charge is 0.381 e. The van der Waals surface area contributed by atoms with E-state index in [2.05, 4.69) is 10.2 Å². The van der Waals surface area contributed by atoms with E-state index in [9.17, 15) is 9.18 Å². The first-order valence-corrected chi connectivity index (χ1v) is 9.34. The van der Waals surface area contributed by atoms with Gasteiger partial charge in [0.15, 0.2) is 0 Å². The Morgan fingerprint density at radius 1 is 1.36 bits per heavy atom. The van der Waals surface area contributed by atoms with Crippen molar-refractivity contribution in [3.8, 4) is 0 Å². The number of carbonyl (C=O) groups excluding carboxylic acids is 1. The zero-order valence-electron chi connectivity index (χ0n) is 15.5. The summed E-state index contributed by atoms with van der Waals surface area (Å²) in [4.78, 5) is 16.7. The summed E-state index contributed by atoms with van der Waals surface area (Å²) in [5.74, 6) is 0.687. The summed E-state index contributed by atoms with van der Waals surface area (Å²) in [7, 11) is 1.80. The molecule has 1 amide bonds. The van der Waals surface area contributed by atoms with E-state index in [4.69, 9.17) is 4.74 Å². The highest BCUT2D eigenvalue weighted by Crippen LogP contribution is 2.23. The number of nitrogens with one attached hydrogen (secondary N) is 1. The average Bonchev–Trinajstić information content (AvgIpc) is 3.09. The minimum Gasteiger partial charge on any atom is -0.381 e. The first-order chi connectivity index (χ1) is 12.2. The fourth-order valence-corrected chi connectivity index (χ4v) is 3.50. The van der Waals surface area contributed by atoms with Crippen LogP contribution in [0.5, 0.6) is 0 Å². The topological polar surface area (TPSA) is 44.8 Å². The highest BCUT2D eigenvalue weighted by atomic mass is 19.1. The van der Waals surface area contributed by atoms with Gasteiger partial charge < -0.3 is 15.0 Å². The highest BCUT2D eigenvalue weighted by molar-refractivity contribution is 5.82. The molecule has 25 heavy (non-hydrogen) atoms. The maximum absolute atomic E-state index is 13.1. The predicted octanol–water partition coefficient (Wildman–Crippen LogP) is 2.31. The van der Waals surface area contributed by atoms with Crippen LogP contribution in [-0.4, -0.2) is 68.4 Å². The summed E-state index contributed by atoms with van der Waals surface area (Å²) in [6, 6.07) is -0.0513. The third kappa shape index (κ3) is 6.12. The molecule has 2 saturated heterocycles. The van der Waals surface area contributed by atoms with Crippen LogP contribution in [0.15, 0.2) is 23.9 Å². The molecule has 0 aliphatic carbocycles. The molecule has 0 radical (unpaired) electrons. The number of ether oxygens (including phenoxy) is 1. The SMILES string of the molecule is C/C=C\C=C(\CF)N(C)CNC(=O)[C@@H]1CCCN1CC1CCOCC1. The Morgan fingerprint density at radius 2 is 2.12 bits per heavy atom. The average molecular weight is 353 g/mol. The molecule has 2 rings (SSSR count). The van der Waals surface area contributed by atoms with Crippen LogP contribution in [0.4, 0.5) is 4.39 Å². The van der Waals surface area contributed by atoms with Gasteiger partial charge in [-0.1, -0.05) is 12.2 Å². The number of allylic oxidation sites excluding steroid dienone is 4. The van der Waals surface area contributed by atoms with Crippen molar-refractivity contribution in [3.63, 3.8) is 0 Å². The molecule has 142 valence electrons. The van der Waals surface area contributed by atoms with Crippen LogP contribution in [0.25, 0.3) is 0 Å². The molecule has 2 heterocycles. The minimum absolute atomic E-state index is 0.0513. The molecule has 6 heteroatoms. The Balaban J connectivity index is 1.82. The number of likely N-dealkylation sites (tertiary alicyclic amines) is 1. The standard InChI is InChI=1S/C19H32FN3O2/c1-3-4-6-17(13-20)22(2)15-21-19(24)18-7-5-10-23(18)14-16-8-11-25-12-9-16/h3-4,6,16,18H,5,7-15H2,1-2H3,(H,21,24)/b4-3-,17-6-/t18-/m0/s1. The Bertz CT molecular complexity index is 475. The molecule has 0 spiro atoms. The van der Waals surface area contributed by atoms with Gasteiger partial charge in [-0.25, -0.2) is 4.39 Å². The van der Waals surface area contributed by atoms with Crippen molar-refractivity contribution < 1.29 is 13.9 Å². The lowest BCUT2D eigenvalue weighted by Gasteiger charge is -2.31. The molecular formula is C19H32FN3O2. The lowest BCUT2D eigenvalue weighted by atomic mass is 9.99. The predicted molar refractivity (Wildman–Crippen MR) is 97.8 cm³/mol. The molecular weight excluding hydrogens is 321 g/mol. The smallest absolute Gasteiger partial charge is 0.238 e. The maximum atomic E-state index is 13.1. The number of carbonyl (C=O) groups is 1. The molecule has 2 aliphatic heterocycles. The number of hydrogen-bond acceptors (Lipinski definition) is 4. The van der Waals surface area contributed by atoms with Crippen LogP contribution < -0.4 is 5.32 Å². The van der Waals surface area contributed by atoms with E-state index in [1.54, 1.807) is 24.1 Å². The molecule has 0 aromatic carbocycles. The van der Waals surface area contributed by atoms with Crippen LogP contribution in [0.1, 0.15) is 32.6 Å². The zero-order valence-corrected chi connectivity index (χ0v) is 15.5. The quantitative estimate of drug-likeness (QED) is 0.537. The molecule has 5 nitrogen and oxygen atoms in total. The van der Waals surface area contributed by atoms with E-state index in [0.29, 0.717) is 18.3 Å². The lowest BCUT2D eigenvalue weighted by molar-refractivity contribution is -0.126. The van der Waals surface area contributed by atoms with E-state index >= 15 is 0 Å². The van der Waals surface area contributed by atoms with Crippen LogP contribution in [-0.2, 0) is 9.53 Å². The second kappa shape index (κ2) is 10.6. The summed E-state index contributed by atoms with van der Waals surface area (Å²) in [5.41, 5.74) is 0.559. The monoisotopic (exact) mass is 353 g/mol. The van der Waals surface area contributed by atoms with E-state index < -0.39 is 6.67 Å². The van der Waals surface area contributed by atoms with Crippen molar-refractivity contribution in [2.75, 3.05) is 46.7 Å². The molecule has 0 bridgehead atoms. The van der Waals surface area contributed by atoms with Gasteiger partial charge in [-0.15, -0.1) is 0 Å². The maximum Gasteiger partial charge on any atom is 0.238 e. The Labute approximate surface area is 150 Å². The first-order valence-electron chi connectivity index (χ1n) is 9.34. The number of hydrogen-bond donors (Lipinski definition) is 1. The Kier molecular flexibility index (Phi) is 8.41. The summed E-state index contributed by atoms with van der Waals surface area (Å²) in [5, 5.41) is 2.97. The van der Waals surface area contributed by atoms with Gasteiger partial charge in [-0.2, -0.15) is 0 Å². The fraction of sp³-hybridized carbons (Fsp3) is 0.737. The van der Waals surface area contributed by atoms with Gasteiger partial charge in [-0.05, 0) is 51.1 Å². The van der Waals surface area contributed by atoms with Crippen molar-refractivity contribution >= 4 is 5.91 Å². The third-order valence-corrected chi connectivity index (χ3v) is 5.10. The normalized spacial score (nSPS) is 23.3. The summed E-state index contributed by atoms with van der Waals surface area (Å²) in [6.07, 6.45) is 9.54. The second-order valence-corrected chi connectivity index (χ2v) is 6.92. The molecule has 1 atom stereocenters. The highest BCUT2D eigenvalue weighted by Gasteiger charge is 2.32. The van der Waals surface area contributed by atoms with Crippen molar-refractivity contribution in [2.45, 2.75) is 38.6 Å². The van der Waals surface area contributed by atoms with Gasteiger partial charge in [-0.3, -0.25) is 9.69 Å². The van der Waals surface area contributed by atoms with Crippen LogP contribution in [0.3, 0.4) is 0 Å². The second-order valence-electron chi connectivity index (χ2n) is 6.92. The molecule has 0 saturated carbocycles. The first kappa shape index (κ1) is 19.9. The Hall–Kier alpha value is -1.40. The molecule has 2 aliphatic rings. The molecule has 0 aromatic heterocycles. The van der Waals surface area contributed by atoms with Gasteiger partial charge in [0.2, 0.25) is 5.91 Å². The van der Waals surface area contributed by atoms with Crippen molar-refractivity contribution in [3.05, 3.63) is 23.9 Å².